The lowest BCUT2D eigenvalue weighted by Crippen LogP contribution is -2.52. The second-order valence-corrected chi connectivity index (χ2v) is 7.90. The highest BCUT2D eigenvalue weighted by Crippen LogP contribution is 2.30. The fraction of sp³-hybridized carbons (Fsp3) is 0.500. The molecule has 0 bridgehead atoms. The lowest BCUT2D eigenvalue weighted by Gasteiger charge is -2.33. The van der Waals surface area contributed by atoms with Crippen LogP contribution in [0.15, 0.2) is 18.5 Å². The molecule has 132 valence electrons. The maximum absolute atomic E-state index is 12.8. The molecule has 1 aliphatic carbocycles. The summed E-state index contributed by atoms with van der Waals surface area (Å²) >= 11 is 1.62. The molecule has 2 aromatic heterocycles. The van der Waals surface area contributed by atoms with Crippen molar-refractivity contribution < 1.29 is 9.59 Å². The quantitative estimate of drug-likeness (QED) is 0.774. The average Bonchev–Trinajstić information content (AvgIpc) is 3.15. The molecule has 0 N–H and O–H groups in total. The van der Waals surface area contributed by atoms with Crippen LogP contribution in [0.4, 0.5) is 5.69 Å². The number of rotatable bonds is 2. The Labute approximate surface area is 151 Å². The summed E-state index contributed by atoms with van der Waals surface area (Å²) in [6.07, 6.45) is 9.36. The van der Waals surface area contributed by atoms with E-state index in [1.54, 1.807) is 32.0 Å². The molecule has 2 amide bonds. The first-order valence-corrected chi connectivity index (χ1v) is 9.63. The number of thiophene rings is 1. The summed E-state index contributed by atoms with van der Waals surface area (Å²) in [5, 5.41) is 4.12. The molecule has 0 radical (unpaired) electrons. The van der Waals surface area contributed by atoms with Crippen molar-refractivity contribution in [3.8, 4) is 0 Å². The van der Waals surface area contributed by atoms with E-state index in [0.29, 0.717) is 13.1 Å². The summed E-state index contributed by atoms with van der Waals surface area (Å²) in [7, 11) is 1.83. The monoisotopic (exact) mass is 358 g/mol. The van der Waals surface area contributed by atoms with Gasteiger partial charge in [-0.2, -0.15) is 5.10 Å². The van der Waals surface area contributed by atoms with E-state index in [-0.39, 0.29) is 18.4 Å². The largest absolute Gasteiger partial charge is 0.327 e. The minimum absolute atomic E-state index is 0.00254. The number of fused-ring (bicyclic) bond motifs is 1. The van der Waals surface area contributed by atoms with Crippen LogP contribution in [-0.2, 0) is 24.7 Å². The van der Waals surface area contributed by atoms with Gasteiger partial charge in [0.15, 0.2) is 0 Å². The summed E-state index contributed by atoms with van der Waals surface area (Å²) in [6, 6.07) is 2.06. The zero-order valence-electron chi connectivity index (χ0n) is 14.4. The average molecular weight is 358 g/mol. The summed E-state index contributed by atoms with van der Waals surface area (Å²) in [6.45, 7) is 1.21. The van der Waals surface area contributed by atoms with E-state index in [1.165, 1.54) is 29.7 Å². The highest BCUT2D eigenvalue weighted by Gasteiger charge is 2.30. The van der Waals surface area contributed by atoms with Crippen molar-refractivity contribution in [3.05, 3.63) is 33.8 Å². The number of anilines is 1. The van der Waals surface area contributed by atoms with E-state index >= 15 is 0 Å². The number of carbonyl (C=O) groups is 2. The van der Waals surface area contributed by atoms with E-state index in [4.69, 9.17) is 0 Å². The van der Waals surface area contributed by atoms with Crippen molar-refractivity contribution >= 4 is 28.8 Å². The van der Waals surface area contributed by atoms with Crippen molar-refractivity contribution in [3.63, 3.8) is 0 Å². The van der Waals surface area contributed by atoms with Gasteiger partial charge in [0.25, 0.3) is 5.91 Å². The van der Waals surface area contributed by atoms with Gasteiger partial charge in [-0.1, -0.05) is 6.42 Å². The van der Waals surface area contributed by atoms with E-state index in [0.717, 1.165) is 23.4 Å². The van der Waals surface area contributed by atoms with E-state index in [2.05, 4.69) is 11.2 Å². The van der Waals surface area contributed by atoms with Crippen LogP contribution in [0.5, 0.6) is 0 Å². The maximum Gasteiger partial charge on any atom is 0.264 e. The predicted molar refractivity (Wildman–Crippen MR) is 97.0 cm³/mol. The normalized spacial score (nSPS) is 18.2. The number of carbonyl (C=O) groups excluding carboxylic acids is 2. The van der Waals surface area contributed by atoms with Gasteiger partial charge in [-0.3, -0.25) is 14.3 Å². The molecule has 4 rings (SSSR count). The smallest absolute Gasteiger partial charge is 0.264 e. The van der Waals surface area contributed by atoms with Crippen LogP contribution in [0.25, 0.3) is 0 Å². The number of piperazine rings is 1. The Morgan fingerprint density at radius 3 is 2.80 bits per heavy atom. The van der Waals surface area contributed by atoms with Gasteiger partial charge < -0.3 is 9.80 Å². The van der Waals surface area contributed by atoms with Crippen LogP contribution < -0.4 is 4.90 Å². The molecule has 0 saturated carbocycles. The van der Waals surface area contributed by atoms with Crippen molar-refractivity contribution in [2.24, 2.45) is 7.05 Å². The second kappa shape index (κ2) is 6.63. The number of nitrogens with zero attached hydrogens (tertiary/aromatic N) is 4. The van der Waals surface area contributed by atoms with Gasteiger partial charge in [0.05, 0.1) is 16.8 Å². The van der Waals surface area contributed by atoms with Gasteiger partial charge >= 0.3 is 0 Å². The van der Waals surface area contributed by atoms with Gasteiger partial charge in [0.2, 0.25) is 5.91 Å². The highest BCUT2D eigenvalue weighted by atomic mass is 32.1. The number of hydrogen-bond acceptors (Lipinski definition) is 4. The van der Waals surface area contributed by atoms with E-state index in [9.17, 15) is 9.59 Å². The van der Waals surface area contributed by atoms with Crippen LogP contribution in [0, 0.1) is 0 Å². The molecule has 1 saturated heterocycles. The van der Waals surface area contributed by atoms with Crippen LogP contribution in [0.1, 0.15) is 39.4 Å². The summed E-state index contributed by atoms with van der Waals surface area (Å²) in [5.74, 6) is -0.0528. The molecule has 6 nitrogen and oxygen atoms in total. The van der Waals surface area contributed by atoms with Gasteiger partial charge in [0, 0.05) is 31.2 Å². The Morgan fingerprint density at radius 1 is 1.20 bits per heavy atom. The molecule has 0 unspecified atom stereocenters. The molecule has 3 heterocycles. The fourth-order valence-electron chi connectivity index (χ4n) is 3.60. The third-order valence-electron chi connectivity index (χ3n) is 4.97. The Morgan fingerprint density at radius 2 is 2.04 bits per heavy atom. The summed E-state index contributed by atoms with van der Waals surface area (Å²) in [5.41, 5.74) is 2.13. The van der Waals surface area contributed by atoms with Crippen molar-refractivity contribution in [1.82, 2.24) is 14.7 Å². The number of hydrogen-bond donors (Lipinski definition) is 0. The third kappa shape index (κ3) is 3.20. The molecule has 7 heteroatoms. The van der Waals surface area contributed by atoms with Crippen molar-refractivity contribution in [2.45, 2.75) is 32.1 Å². The fourth-order valence-corrected chi connectivity index (χ4v) is 4.82. The molecule has 0 aromatic carbocycles. The maximum atomic E-state index is 12.8. The molecule has 0 spiro atoms. The summed E-state index contributed by atoms with van der Waals surface area (Å²) < 4.78 is 1.68. The lowest BCUT2D eigenvalue weighted by atomic mass is 10.1. The van der Waals surface area contributed by atoms with Crippen LogP contribution in [0.2, 0.25) is 0 Å². The molecule has 2 aliphatic rings. The van der Waals surface area contributed by atoms with Gasteiger partial charge in [-0.15, -0.1) is 11.3 Å². The minimum atomic E-state index is -0.0503. The molecule has 1 aliphatic heterocycles. The first-order chi connectivity index (χ1) is 12.1. The van der Waals surface area contributed by atoms with Gasteiger partial charge in [-0.25, -0.2) is 0 Å². The topological polar surface area (TPSA) is 58.4 Å². The first-order valence-electron chi connectivity index (χ1n) is 8.81. The Kier molecular flexibility index (Phi) is 4.33. The molecule has 0 atom stereocenters. The molecular formula is C18H22N4O2S. The SMILES string of the molecule is Cn1cc(N2CCN(C(=O)c3cc4c(s3)CCCCC4)CC2=O)cn1. The number of aryl methyl sites for hydroxylation is 3. The third-order valence-corrected chi connectivity index (χ3v) is 6.19. The highest BCUT2D eigenvalue weighted by molar-refractivity contribution is 7.14. The van der Waals surface area contributed by atoms with Crippen molar-refractivity contribution in [1.29, 1.82) is 0 Å². The molecule has 25 heavy (non-hydrogen) atoms. The number of amides is 2. The molecule has 1 fully saturated rings. The number of aromatic nitrogens is 2. The lowest BCUT2D eigenvalue weighted by molar-refractivity contribution is -0.120. The zero-order valence-corrected chi connectivity index (χ0v) is 15.2. The predicted octanol–water partition coefficient (Wildman–Crippen LogP) is 2.24. The Balaban J connectivity index is 1.46. The Bertz CT molecular complexity index is 786. The first kappa shape index (κ1) is 16.3. The van der Waals surface area contributed by atoms with E-state index in [1.807, 2.05) is 13.2 Å². The van der Waals surface area contributed by atoms with E-state index < -0.39 is 0 Å². The molecular weight excluding hydrogens is 336 g/mol. The summed E-state index contributed by atoms with van der Waals surface area (Å²) in [4.78, 5) is 30.9. The second-order valence-electron chi connectivity index (χ2n) is 6.76. The van der Waals surface area contributed by atoms with Crippen LogP contribution in [-0.4, -0.2) is 46.1 Å². The van der Waals surface area contributed by atoms with Crippen LogP contribution >= 0.6 is 11.3 Å². The van der Waals surface area contributed by atoms with Crippen molar-refractivity contribution in [2.75, 3.05) is 24.5 Å². The zero-order chi connectivity index (χ0) is 17.4. The van der Waals surface area contributed by atoms with Crippen LogP contribution in [0.3, 0.4) is 0 Å². The molecule has 2 aromatic rings. The minimum Gasteiger partial charge on any atom is -0.327 e. The standard InChI is InChI=1S/C18H22N4O2S/c1-20-11-14(10-19-20)22-8-7-21(12-17(22)23)18(24)16-9-13-5-3-2-4-6-15(13)25-16/h9-11H,2-8,12H2,1H3. The van der Waals surface area contributed by atoms with Gasteiger partial charge in [-0.05, 0) is 37.3 Å². The Hall–Kier alpha value is -2.15. The van der Waals surface area contributed by atoms with Gasteiger partial charge in [0.1, 0.15) is 6.54 Å².